The van der Waals surface area contributed by atoms with Gasteiger partial charge in [-0.3, -0.25) is 4.79 Å². The van der Waals surface area contributed by atoms with Crippen molar-refractivity contribution >= 4 is 40.5 Å². The van der Waals surface area contributed by atoms with Crippen molar-refractivity contribution in [2.24, 2.45) is 0 Å². The van der Waals surface area contributed by atoms with E-state index in [2.05, 4.69) is 10.6 Å². The average molecular weight is 343 g/mol. The van der Waals surface area contributed by atoms with Gasteiger partial charge in [0.2, 0.25) is 5.91 Å². The Morgan fingerprint density at radius 3 is 2.59 bits per heavy atom. The summed E-state index contributed by atoms with van der Waals surface area (Å²) in [4.78, 5) is 11.9. The number of anilines is 2. The third-order valence-electron chi connectivity index (χ3n) is 2.81. The van der Waals surface area contributed by atoms with E-state index in [0.29, 0.717) is 22.1 Å². The first kappa shape index (κ1) is 16.4. The lowest BCUT2D eigenvalue weighted by Crippen LogP contribution is -2.21. The summed E-state index contributed by atoms with van der Waals surface area (Å²) < 4.78 is 18.0. The molecule has 0 fully saturated rings. The SMILES string of the molecule is COc1ccc(NC(=O)CNc2ccc(F)cc2Cl)cc1Cl. The Bertz CT molecular complexity index is 695. The minimum atomic E-state index is -0.437. The van der Waals surface area contributed by atoms with Crippen molar-refractivity contribution in [1.29, 1.82) is 0 Å². The molecule has 0 unspecified atom stereocenters. The van der Waals surface area contributed by atoms with E-state index >= 15 is 0 Å². The zero-order chi connectivity index (χ0) is 16.1. The average Bonchev–Trinajstić information content (AvgIpc) is 2.46. The summed E-state index contributed by atoms with van der Waals surface area (Å²) in [6, 6.07) is 8.81. The van der Waals surface area contributed by atoms with Gasteiger partial charge in [0.1, 0.15) is 11.6 Å². The second-order valence-corrected chi connectivity index (χ2v) is 5.19. The van der Waals surface area contributed by atoms with E-state index in [0.717, 1.165) is 0 Å². The molecule has 0 heterocycles. The summed E-state index contributed by atoms with van der Waals surface area (Å²) in [7, 11) is 1.51. The van der Waals surface area contributed by atoms with Crippen LogP contribution in [0.5, 0.6) is 5.75 Å². The first-order chi connectivity index (χ1) is 10.5. The molecule has 0 radical (unpaired) electrons. The topological polar surface area (TPSA) is 50.4 Å². The van der Waals surface area contributed by atoms with Gasteiger partial charge in [0.15, 0.2) is 0 Å². The van der Waals surface area contributed by atoms with Crippen LogP contribution in [-0.4, -0.2) is 19.6 Å². The quantitative estimate of drug-likeness (QED) is 0.856. The lowest BCUT2D eigenvalue weighted by atomic mass is 10.3. The van der Waals surface area contributed by atoms with E-state index in [-0.39, 0.29) is 17.5 Å². The van der Waals surface area contributed by atoms with Crippen LogP contribution in [0.3, 0.4) is 0 Å². The Hall–Kier alpha value is -1.98. The van der Waals surface area contributed by atoms with Crippen molar-refractivity contribution in [3.8, 4) is 5.75 Å². The Morgan fingerprint density at radius 1 is 1.18 bits per heavy atom. The van der Waals surface area contributed by atoms with Gasteiger partial charge in [0, 0.05) is 5.69 Å². The third kappa shape index (κ3) is 4.26. The van der Waals surface area contributed by atoms with Gasteiger partial charge < -0.3 is 15.4 Å². The second kappa shape index (κ2) is 7.33. The summed E-state index contributed by atoms with van der Waals surface area (Å²) >= 11 is 11.8. The van der Waals surface area contributed by atoms with E-state index in [9.17, 15) is 9.18 Å². The number of carbonyl (C=O) groups excluding carboxylic acids is 1. The Kier molecular flexibility index (Phi) is 5.46. The lowest BCUT2D eigenvalue weighted by molar-refractivity contribution is -0.114. The minimum Gasteiger partial charge on any atom is -0.495 e. The molecule has 2 N–H and O–H groups in total. The van der Waals surface area contributed by atoms with Crippen LogP contribution in [0.15, 0.2) is 36.4 Å². The summed E-state index contributed by atoms with van der Waals surface area (Å²) in [6.45, 7) is -0.0188. The Labute approximate surface area is 137 Å². The number of hydrogen-bond acceptors (Lipinski definition) is 3. The monoisotopic (exact) mass is 342 g/mol. The van der Waals surface area contributed by atoms with Crippen molar-refractivity contribution in [2.75, 3.05) is 24.3 Å². The number of methoxy groups -OCH3 is 1. The predicted octanol–water partition coefficient (Wildman–Crippen LogP) is 4.19. The number of amides is 1. The first-order valence-electron chi connectivity index (χ1n) is 6.32. The lowest BCUT2D eigenvalue weighted by Gasteiger charge is -2.10. The van der Waals surface area contributed by atoms with E-state index in [1.54, 1.807) is 18.2 Å². The number of nitrogens with one attached hydrogen (secondary N) is 2. The minimum absolute atomic E-state index is 0.0188. The van der Waals surface area contributed by atoms with Crippen LogP contribution in [0.25, 0.3) is 0 Å². The smallest absolute Gasteiger partial charge is 0.243 e. The standard InChI is InChI=1S/C15H13Cl2FN2O2/c1-22-14-5-3-10(7-12(14)17)20-15(21)8-19-13-4-2-9(18)6-11(13)16/h2-7,19H,8H2,1H3,(H,20,21). The fraction of sp³-hybridized carbons (Fsp3) is 0.133. The van der Waals surface area contributed by atoms with Gasteiger partial charge in [0.05, 0.1) is 29.4 Å². The number of halogens is 3. The molecule has 2 rings (SSSR count). The van der Waals surface area contributed by atoms with Gasteiger partial charge in [-0.15, -0.1) is 0 Å². The molecule has 0 aliphatic rings. The molecule has 0 bridgehead atoms. The van der Waals surface area contributed by atoms with Crippen molar-refractivity contribution < 1.29 is 13.9 Å². The van der Waals surface area contributed by atoms with Crippen LogP contribution < -0.4 is 15.4 Å². The summed E-state index contributed by atoms with van der Waals surface area (Å²) in [5, 5.41) is 6.11. The van der Waals surface area contributed by atoms with Crippen molar-refractivity contribution in [1.82, 2.24) is 0 Å². The molecule has 0 saturated heterocycles. The molecule has 1 amide bonds. The summed E-state index contributed by atoms with van der Waals surface area (Å²) in [6.07, 6.45) is 0. The maximum absolute atomic E-state index is 12.9. The van der Waals surface area contributed by atoms with E-state index in [4.69, 9.17) is 27.9 Å². The van der Waals surface area contributed by atoms with E-state index < -0.39 is 5.82 Å². The van der Waals surface area contributed by atoms with Crippen LogP contribution in [0.2, 0.25) is 10.0 Å². The van der Waals surface area contributed by atoms with Gasteiger partial charge in [-0.05, 0) is 36.4 Å². The summed E-state index contributed by atoms with van der Waals surface area (Å²) in [5.74, 6) is -0.203. The third-order valence-corrected chi connectivity index (χ3v) is 3.41. The molecule has 0 saturated carbocycles. The van der Waals surface area contributed by atoms with Gasteiger partial charge >= 0.3 is 0 Å². The molecule has 7 heteroatoms. The van der Waals surface area contributed by atoms with Gasteiger partial charge in [-0.2, -0.15) is 0 Å². The highest BCUT2D eigenvalue weighted by molar-refractivity contribution is 6.33. The van der Waals surface area contributed by atoms with Crippen LogP contribution in [0, 0.1) is 5.82 Å². The van der Waals surface area contributed by atoms with Gasteiger partial charge in [-0.1, -0.05) is 23.2 Å². The van der Waals surface area contributed by atoms with Crippen LogP contribution in [-0.2, 0) is 4.79 Å². The molecule has 2 aromatic carbocycles. The largest absolute Gasteiger partial charge is 0.495 e. The maximum Gasteiger partial charge on any atom is 0.243 e. The normalized spacial score (nSPS) is 10.2. The summed E-state index contributed by atoms with van der Waals surface area (Å²) in [5.41, 5.74) is 1.02. The number of benzene rings is 2. The second-order valence-electron chi connectivity index (χ2n) is 4.38. The Morgan fingerprint density at radius 2 is 1.95 bits per heavy atom. The highest BCUT2D eigenvalue weighted by Crippen LogP contribution is 2.27. The number of rotatable bonds is 5. The number of hydrogen-bond donors (Lipinski definition) is 2. The zero-order valence-corrected chi connectivity index (χ0v) is 13.1. The van der Waals surface area contributed by atoms with E-state index in [1.807, 2.05) is 0 Å². The predicted molar refractivity (Wildman–Crippen MR) is 86.5 cm³/mol. The van der Waals surface area contributed by atoms with Crippen LogP contribution in [0.4, 0.5) is 15.8 Å². The maximum atomic E-state index is 12.9. The van der Waals surface area contributed by atoms with Crippen molar-refractivity contribution in [3.63, 3.8) is 0 Å². The molecular weight excluding hydrogens is 330 g/mol. The number of carbonyl (C=O) groups is 1. The van der Waals surface area contributed by atoms with Crippen molar-refractivity contribution in [3.05, 3.63) is 52.3 Å². The number of ether oxygens (including phenoxy) is 1. The molecule has 0 aromatic heterocycles. The molecule has 2 aromatic rings. The Balaban J connectivity index is 1.94. The molecule has 116 valence electrons. The van der Waals surface area contributed by atoms with Crippen LogP contribution in [0.1, 0.15) is 0 Å². The zero-order valence-electron chi connectivity index (χ0n) is 11.6. The first-order valence-corrected chi connectivity index (χ1v) is 7.07. The highest BCUT2D eigenvalue weighted by Gasteiger charge is 2.07. The fourth-order valence-corrected chi connectivity index (χ4v) is 2.25. The van der Waals surface area contributed by atoms with Crippen LogP contribution >= 0.6 is 23.2 Å². The molecule has 0 atom stereocenters. The van der Waals surface area contributed by atoms with E-state index in [1.165, 1.54) is 25.3 Å². The molecule has 4 nitrogen and oxygen atoms in total. The highest BCUT2D eigenvalue weighted by atomic mass is 35.5. The van der Waals surface area contributed by atoms with Gasteiger partial charge in [0.25, 0.3) is 0 Å². The molecule has 0 aliphatic heterocycles. The molecule has 22 heavy (non-hydrogen) atoms. The van der Waals surface area contributed by atoms with Crippen molar-refractivity contribution in [2.45, 2.75) is 0 Å². The fourth-order valence-electron chi connectivity index (χ4n) is 1.76. The molecule has 0 aliphatic carbocycles. The molecular formula is C15H13Cl2FN2O2. The molecule has 0 spiro atoms. The van der Waals surface area contributed by atoms with Gasteiger partial charge in [-0.25, -0.2) is 4.39 Å².